The van der Waals surface area contributed by atoms with Crippen LogP contribution in [-0.2, 0) is 0 Å². The first-order valence-electron chi connectivity index (χ1n) is 13.9. The molecule has 0 spiro atoms. The number of anilines is 2. The summed E-state index contributed by atoms with van der Waals surface area (Å²) in [5.74, 6) is 0.360. The highest BCUT2D eigenvalue weighted by Crippen LogP contribution is 2.36. The lowest BCUT2D eigenvalue weighted by Crippen LogP contribution is -2.47. The maximum absolute atomic E-state index is 14.9. The molecule has 1 saturated heterocycles. The van der Waals surface area contributed by atoms with E-state index in [9.17, 15) is 18.4 Å². The van der Waals surface area contributed by atoms with E-state index < -0.39 is 23.5 Å². The molecular formula is C30H27F2IN8O3. The lowest BCUT2D eigenvalue weighted by atomic mass is 10.0. The number of likely N-dealkylation sites (tertiary alicyclic amines) is 1. The normalized spacial score (nSPS) is 17.0. The highest BCUT2D eigenvalue weighted by Gasteiger charge is 2.30. The van der Waals surface area contributed by atoms with Gasteiger partial charge in [-0.3, -0.25) is 14.7 Å². The molecule has 0 saturated carbocycles. The summed E-state index contributed by atoms with van der Waals surface area (Å²) in [5, 5.41) is 17.8. The summed E-state index contributed by atoms with van der Waals surface area (Å²) in [6, 6.07) is 12.9. The van der Waals surface area contributed by atoms with E-state index in [2.05, 4.69) is 58.4 Å². The Morgan fingerprint density at radius 1 is 1.14 bits per heavy atom. The van der Waals surface area contributed by atoms with Crippen LogP contribution in [0.1, 0.15) is 23.7 Å². The summed E-state index contributed by atoms with van der Waals surface area (Å²) < 4.78 is 36.2. The topological polar surface area (TPSA) is 130 Å². The van der Waals surface area contributed by atoms with E-state index in [1.165, 1.54) is 36.5 Å². The van der Waals surface area contributed by atoms with Crippen LogP contribution in [0.3, 0.4) is 0 Å². The van der Waals surface area contributed by atoms with Gasteiger partial charge in [0.05, 0.1) is 15.3 Å². The third-order valence-electron chi connectivity index (χ3n) is 7.39. The van der Waals surface area contributed by atoms with Crippen molar-refractivity contribution in [3.63, 3.8) is 0 Å². The average molecular weight is 712 g/mol. The number of fused-ring (bicyclic) bond motifs is 1. The summed E-state index contributed by atoms with van der Waals surface area (Å²) in [4.78, 5) is 32.4. The fourth-order valence-electron chi connectivity index (χ4n) is 5.03. The molecule has 1 aliphatic rings. The minimum Gasteiger partial charge on any atom is -0.455 e. The van der Waals surface area contributed by atoms with Crippen molar-refractivity contribution in [2.24, 2.45) is 0 Å². The second-order valence-electron chi connectivity index (χ2n) is 10.2. The standard InChI is InChI=1S/C30H27F2IN8O3/c1-2-40-14-11-23(21(32)16-40)37-28-26-25(10-12-34-27(26)38-39-28)44-24-8-5-18(15-22(24)33)36-29(42)20-9-13-35-41(30(20)43)19-6-3-17(31)4-7-19/h3-10,12-13,15,21,23H,2,11,14,16H2,1H3,(H,36,42)(H2,34,37,38,39)/t21-,23?/m0/s1. The van der Waals surface area contributed by atoms with Gasteiger partial charge in [-0.05, 0) is 84.1 Å². The van der Waals surface area contributed by atoms with Crippen LogP contribution in [-0.4, -0.2) is 67.6 Å². The number of benzene rings is 2. The van der Waals surface area contributed by atoms with Crippen molar-refractivity contribution in [2.45, 2.75) is 25.6 Å². The van der Waals surface area contributed by atoms with E-state index in [-0.39, 0.29) is 11.6 Å². The number of alkyl halides is 1. The zero-order valence-electron chi connectivity index (χ0n) is 23.4. The number of ether oxygens (including phenoxy) is 1. The highest BCUT2D eigenvalue weighted by molar-refractivity contribution is 14.1. The Kier molecular flexibility index (Phi) is 8.52. The van der Waals surface area contributed by atoms with Crippen molar-refractivity contribution in [1.82, 2.24) is 29.9 Å². The maximum atomic E-state index is 14.9. The molecule has 44 heavy (non-hydrogen) atoms. The van der Waals surface area contributed by atoms with E-state index in [0.717, 1.165) is 17.8 Å². The van der Waals surface area contributed by atoms with Crippen LogP contribution in [0.4, 0.5) is 20.3 Å². The molecular weight excluding hydrogens is 685 g/mol. The molecule has 0 radical (unpaired) electrons. The number of hydrogen-bond donors (Lipinski definition) is 3. The number of amides is 1. The SMILES string of the molecule is CCN1CCC(Nc2n[nH]c3nccc(Oc4ccc(NC(=O)c5ccnn(-c6ccc(F)cc6)c5=O)cc4I)c23)[C@@H](F)C1. The van der Waals surface area contributed by atoms with Gasteiger partial charge in [-0.25, -0.2) is 13.8 Å². The molecule has 6 rings (SSSR count). The Morgan fingerprint density at radius 2 is 1.95 bits per heavy atom. The monoisotopic (exact) mass is 712 g/mol. The molecule has 1 aliphatic heterocycles. The molecule has 226 valence electrons. The van der Waals surface area contributed by atoms with Crippen LogP contribution in [0, 0.1) is 9.39 Å². The third kappa shape index (κ3) is 6.12. The molecule has 3 N–H and O–H groups in total. The van der Waals surface area contributed by atoms with Crippen molar-refractivity contribution < 1.29 is 18.3 Å². The molecule has 14 heteroatoms. The number of carbonyl (C=O) groups is 1. The van der Waals surface area contributed by atoms with Gasteiger partial charge in [0.15, 0.2) is 11.5 Å². The van der Waals surface area contributed by atoms with Crippen LogP contribution >= 0.6 is 22.6 Å². The molecule has 4 heterocycles. The summed E-state index contributed by atoms with van der Waals surface area (Å²) >= 11 is 2.09. The van der Waals surface area contributed by atoms with E-state index in [4.69, 9.17) is 4.74 Å². The van der Waals surface area contributed by atoms with E-state index >= 15 is 0 Å². The molecule has 1 unspecified atom stereocenters. The smallest absolute Gasteiger partial charge is 0.284 e. The van der Waals surface area contributed by atoms with Crippen LogP contribution in [0.2, 0.25) is 0 Å². The number of piperidine rings is 1. The van der Waals surface area contributed by atoms with Crippen LogP contribution in [0.5, 0.6) is 11.5 Å². The largest absolute Gasteiger partial charge is 0.455 e. The summed E-state index contributed by atoms with van der Waals surface area (Å²) in [7, 11) is 0. The average Bonchev–Trinajstić information content (AvgIpc) is 3.43. The number of rotatable bonds is 8. The molecule has 0 aliphatic carbocycles. The van der Waals surface area contributed by atoms with Crippen LogP contribution in [0.25, 0.3) is 16.7 Å². The molecule has 2 aromatic carbocycles. The molecule has 3 aromatic heterocycles. The number of halogens is 3. The quantitative estimate of drug-likeness (QED) is 0.189. The lowest BCUT2D eigenvalue weighted by molar-refractivity contribution is 0.102. The molecule has 1 amide bonds. The lowest BCUT2D eigenvalue weighted by Gasteiger charge is -2.34. The summed E-state index contributed by atoms with van der Waals surface area (Å²) in [6.07, 6.45) is 2.52. The van der Waals surface area contributed by atoms with E-state index in [1.54, 1.807) is 30.5 Å². The van der Waals surface area contributed by atoms with Crippen molar-refractivity contribution >= 4 is 51.0 Å². The molecule has 11 nitrogen and oxygen atoms in total. The Labute approximate surface area is 263 Å². The Morgan fingerprint density at radius 3 is 2.70 bits per heavy atom. The predicted molar refractivity (Wildman–Crippen MR) is 170 cm³/mol. The van der Waals surface area contributed by atoms with Crippen LogP contribution in [0.15, 0.2) is 71.8 Å². The fraction of sp³-hybridized carbons (Fsp3) is 0.233. The molecule has 0 bridgehead atoms. The number of nitrogens with zero attached hydrogens (tertiary/aromatic N) is 5. The number of pyridine rings is 1. The zero-order chi connectivity index (χ0) is 30.8. The minimum absolute atomic E-state index is 0.130. The first kappa shape index (κ1) is 29.6. The van der Waals surface area contributed by atoms with Crippen molar-refractivity contribution in [2.75, 3.05) is 30.3 Å². The summed E-state index contributed by atoms with van der Waals surface area (Å²) in [5.41, 5.74) is 0.486. The van der Waals surface area contributed by atoms with Gasteiger partial charge in [0.1, 0.15) is 34.4 Å². The molecule has 2 atom stereocenters. The number of hydrogen-bond acceptors (Lipinski definition) is 8. The van der Waals surface area contributed by atoms with Gasteiger partial charge >= 0.3 is 0 Å². The Bertz CT molecular complexity index is 1880. The number of aromatic nitrogens is 5. The number of carbonyl (C=O) groups excluding carboxylic acids is 1. The minimum atomic E-state index is -1.04. The van der Waals surface area contributed by atoms with Gasteiger partial charge in [-0.1, -0.05) is 6.92 Å². The third-order valence-corrected chi connectivity index (χ3v) is 8.23. The van der Waals surface area contributed by atoms with Gasteiger partial charge in [0, 0.05) is 37.2 Å². The number of H-pyrrole nitrogens is 1. The number of aromatic amines is 1. The first-order valence-corrected chi connectivity index (χ1v) is 15.0. The maximum Gasteiger partial charge on any atom is 0.284 e. The second-order valence-corrected chi connectivity index (χ2v) is 11.4. The van der Waals surface area contributed by atoms with Crippen molar-refractivity contribution in [1.29, 1.82) is 0 Å². The fourth-order valence-corrected chi connectivity index (χ4v) is 5.66. The van der Waals surface area contributed by atoms with Gasteiger partial charge in [-0.2, -0.15) is 14.9 Å². The first-order chi connectivity index (χ1) is 21.3. The van der Waals surface area contributed by atoms with E-state index in [0.29, 0.717) is 56.3 Å². The van der Waals surface area contributed by atoms with Crippen molar-refractivity contribution in [3.05, 3.63) is 92.3 Å². The zero-order valence-corrected chi connectivity index (χ0v) is 25.6. The Hall–Kier alpha value is -4.44. The highest BCUT2D eigenvalue weighted by atomic mass is 127. The second kappa shape index (κ2) is 12.7. The summed E-state index contributed by atoms with van der Waals surface area (Å²) in [6.45, 7) is 3.99. The van der Waals surface area contributed by atoms with Gasteiger partial charge in [0.25, 0.3) is 11.5 Å². The Balaban J connectivity index is 1.19. The molecule has 1 fully saturated rings. The van der Waals surface area contributed by atoms with E-state index in [1.807, 2.05) is 6.92 Å². The van der Waals surface area contributed by atoms with Gasteiger partial charge < -0.3 is 20.3 Å². The number of nitrogens with one attached hydrogen (secondary N) is 3. The van der Waals surface area contributed by atoms with Gasteiger partial charge in [0.2, 0.25) is 0 Å². The van der Waals surface area contributed by atoms with Gasteiger partial charge in [-0.15, -0.1) is 0 Å². The molecule has 5 aromatic rings. The predicted octanol–water partition coefficient (Wildman–Crippen LogP) is 5.14. The van der Waals surface area contributed by atoms with Crippen molar-refractivity contribution in [3.8, 4) is 17.2 Å². The van der Waals surface area contributed by atoms with Crippen LogP contribution < -0.4 is 20.9 Å².